The molecule has 4 rings (SSSR count). The first-order valence-electron chi connectivity index (χ1n) is 10.0. The van der Waals surface area contributed by atoms with E-state index in [2.05, 4.69) is 15.2 Å². The minimum Gasteiger partial charge on any atom is -0.297 e. The number of rotatable bonds is 6. The minimum absolute atomic E-state index is 0.259. The number of hydrogen-bond donors (Lipinski definition) is 0. The van der Waals surface area contributed by atoms with Gasteiger partial charge in [-0.15, -0.1) is 5.10 Å². The first kappa shape index (κ1) is 20.7. The molecule has 0 unspecified atom stereocenters. The monoisotopic (exact) mass is 428 g/mol. The van der Waals surface area contributed by atoms with Crippen LogP contribution in [-0.4, -0.2) is 47.7 Å². The Hall–Kier alpha value is -2.58. The SMILES string of the molecule is CS(=O)(=O)Cc1cc(C2CCN(Cc3cn(-c4ccccc4)nn3)CC2)ccc1F. The summed E-state index contributed by atoms with van der Waals surface area (Å²) < 4.78 is 38.9. The van der Waals surface area contributed by atoms with Crippen molar-refractivity contribution >= 4 is 9.84 Å². The van der Waals surface area contributed by atoms with Gasteiger partial charge in [0, 0.05) is 18.4 Å². The van der Waals surface area contributed by atoms with Crippen molar-refractivity contribution in [2.75, 3.05) is 19.3 Å². The van der Waals surface area contributed by atoms with Gasteiger partial charge < -0.3 is 0 Å². The molecule has 0 N–H and O–H groups in total. The smallest absolute Gasteiger partial charge is 0.151 e. The second kappa shape index (κ2) is 8.65. The topological polar surface area (TPSA) is 68.1 Å². The number of aromatic nitrogens is 3. The van der Waals surface area contributed by atoms with Crippen molar-refractivity contribution in [3.05, 3.63) is 77.4 Å². The summed E-state index contributed by atoms with van der Waals surface area (Å²) in [6, 6.07) is 14.8. The quantitative estimate of drug-likeness (QED) is 0.602. The largest absolute Gasteiger partial charge is 0.297 e. The lowest BCUT2D eigenvalue weighted by atomic mass is 9.88. The lowest BCUT2D eigenvalue weighted by molar-refractivity contribution is 0.202. The van der Waals surface area contributed by atoms with E-state index >= 15 is 0 Å². The Morgan fingerprint density at radius 1 is 1.10 bits per heavy atom. The summed E-state index contributed by atoms with van der Waals surface area (Å²) >= 11 is 0. The molecule has 0 spiro atoms. The highest BCUT2D eigenvalue weighted by Crippen LogP contribution is 2.30. The molecule has 158 valence electrons. The van der Waals surface area contributed by atoms with E-state index in [0.717, 1.165) is 55.7 Å². The van der Waals surface area contributed by atoms with Crippen molar-refractivity contribution in [2.45, 2.75) is 31.1 Å². The summed E-state index contributed by atoms with van der Waals surface area (Å²) in [6.07, 6.45) is 4.97. The van der Waals surface area contributed by atoms with E-state index in [9.17, 15) is 12.8 Å². The summed E-state index contributed by atoms with van der Waals surface area (Å²) in [4.78, 5) is 2.34. The molecule has 0 bridgehead atoms. The van der Waals surface area contributed by atoms with Gasteiger partial charge in [0.15, 0.2) is 9.84 Å². The lowest BCUT2D eigenvalue weighted by Crippen LogP contribution is -2.32. The van der Waals surface area contributed by atoms with Crippen LogP contribution in [0.25, 0.3) is 5.69 Å². The summed E-state index contributed by atoms with van der Waals surface area (Å²) in [6.45, 7) is 2.55. The van der Waals surface area contributed by atoms with Gasteiger partial charge in [0.05, 0.1) is 23.3 Å². The van der Waals surface area contributed by atoms with Gasteiger partial charge in [-0.05, 0) is 55.6 Å². The molecule has 2 heterocycles. The van der Waals surface area contributed by atoms with Crippen LogP contribution in [0.1, 0.15) is 35.6 Å². The second-order valence-electron chi connectivity index (χ2n) is 7.96. The van der Waals surface area contributed by atoms with Crippen molar-refractivity contribution in [3.63, 3.8) is 0 Å². The molecule has 1 saturated heterocycles. The summed E-state index contributed by atoms with van der Waals surface area (Å²) in [5.41, 5.74) is 3.19. The van der Waals surface area contributed by atoms with Gasteiger partial charge in [-0.1, -0.05) is 35.5 Å². The van der Waals surface area contributed by atoms with Crippen LogP contribution in [0.5, 0.6) is 0 Å². The predicted octanol–water partition coefficient (Wildman–Crippen LogP) is 3.33. The molecule has 0 radical (unpaired) electrons. The molecular formula is C22H25FN4O2S. The zero-order chi connectivity index (χ0) is 21.1. The molecule has 1 aliphatic rings. The van der Waals surface area contributed by atoms with Gasteiger partial charge in [-0.25, -0.2) is 17.5 Å². The Balaban J connectivity index is 1.37. The maximum atomic E-state index is 14.0. The Kier molecular flexibility index (Phi) is 5.97. The highest BCUT2D eigenvalue weighted by molar-refractivity contribution is 7.89. The highest BCUT2D eigenvalue weighted by Gasteiger charge is 2.22. The fourth-order valence-electron chi connectivity index (χ4n) is 3.97. The van der Waals surface area contributed by atoms with Crippen LogP contribution in [0.2, 0.25) is 0 Å². The van der Waals surface area contributed by atoms with Crippen LogP contribution >= 0.6 is 0 Å². The van der Waals surface area contributed by atoms with Crippen molar-refractivity contribution in [1.82, 2.24) is 19.9 Å². The number of nitrogens with zero attached hydrogens (tertiary/aromatic N) is 4. The number of likely N-dealkylation sites (tertiary alicyclic amines) is 1. The third-order valence-electron chi connectivity index (χ3n) is 5.49. The third kappa shape index (κ3) is 5.12. The Morgan fingerprint density at radius 3 is 2.53 bits per heavy atom. The fourth-order valence-corrected chi connectivity index (χ4v) is 4.76. The standard InChI is InChI=1S/C22H25FN4O2S/c1-30(28,29)16-19-13-18(7-8-22(19)23)17-9-11-26(12-10-17)14-20-15-27(25-24-20)21-5-3-2-4-6-21/h2-8,13,15,17H,9-12,14,16H2,1H3. The maximum absolute atomic E-state index is 14.0. The average molecular weight is 429 g/mol. The average Bonchev–Trinajstić information content (AvgIpc) is 3.18. The van der Waals surface area contributed by atoms with E-state index < -0.39 is 15.7 Å². The third-order valence-corrected chi connectivity index (χ3v) is 6.33. The van der Waals surface area contributed by atoms with Gasteiger partial charge in [-0.3, -0.25) is 4.90 Å². The first-order valence-corrected chi connectivity index (χ1v) is 12.1. The molecule has 0 aliphatic carbocycles. The molecule has 3 aromatic rings. The summed E-state index contributed by atoms with van der Waals surface area (Å²) in [5, 5.41) is 8.51. The Bertz CT molecular complexity index is 1110. The summed E-state index contributed by atoms with van der Waals surface area (Å²) in [7, 11) is -3.27. The van der Waals surface area contributed by atoms with Gasteiger partial charge in [0.25, 0.3) is 0 Å². The van der Waals surface area contributed by atoms with Crippen molar-refractivity contribution in [1.29, 1.82) is 0 Å². The van der Waals surface area contributed by atoms with E-state index in [1.54, 1.807) is 16.8 Å². The maximum Gasteiger partial charge on any atom is 0.151 e. The van der Waals surface area contributed by atoms with Crippen molar-refractivity contribution in [2.24, 2.45) is 0 Å². The van der Waals surface area contributed by atoms with E-state index in [4.69, 9.17) is 0 Å². The number of para-hydroxylation sites is 1. The zero-order valence-corrected chi connectivity index (χ0v) is 17.7. The Labute approximate surface area is 176 Å². The molecule has 30 heavy (non-hydrogen) atoms. The number of halogens is 1. The van der Waals surface area contributed by atoms with Crippen LogP contribution in [0.4, 0.5) is 4.39 Å². The van der Waals surface area contributed by atoms with E-state index in [0.29, 0.717) is 5.92 Å². The normalized spacial score (nSPS) is 16.1. The van der Waals surface area contributed by atoms with Gasteiger partial charge in [0.1, 0.15) is 5.82 Å². The summed E-state index contributed by atoms with van der Waals surface area (Å²) in [5.74, 6) is -0.411. The molecule has 1 fully saturated rings. The molecule has 1 aromatic heterocycles. The number of sulfone groups is 1. The fraction of sp³-hybridized carbons (Fsp3) is 0.364. The van der Waals surface area contributed by atoms with Gasteiger partial charge >= 0.3 is 0 Å². The minimum atomic E-state index is -3.27. The van der Waals surface area contributed by atoms with E-state index in [1.807, 2.05) is 36.5 Å². The first-order chi connectivity index (χ1) is 14.4. The molecule has 0 atom stereocenters. The van der Waals surface area contributed by atoms with Crippen LogP contribution in [-0.2, 0) is 22.1 Å². The highest BCUT2D eigenvalue weighted by atomic mass is 32.2. The molecule has 1 aliphatic heterocycles. The zero-order valence-electron chi connectivity index (χ0n) is 16.9. The van der Waals surface area contributed by atoms with Gasteiger partial charge in [-0.2, -0.15) is 0 Å². The molecule has 2 aromatic carbocycles. The van der Waals surface area contributed by atoms with Crippen molar-refractivity contribution in [3.8, 4) is 5.69 Å². The number of piperidine rings is 1. The van der Waals surface area contributed by atoms with Crippen LogP contribution in [0.3, 0.4) is 0 Å². The molecular weight excluding hydrogens is 403 g/mol. The van der Waals surface area contributed by atoms with E-state index in [-0.39, 0.29) is 11.3 Å². The number of benzene rings is 2. The van der Waals surface area contributed by atoms with Crippen LogP contribution in [0, 0.1) is 5.82 Å². The number of hydrogen-bond acceptors (Lipinski definition) is 5. The molecule has 0 amide bonds. The second-order valence-corrected chi connectivity index (χ2v) is 10.1. The van der Waals surface area contributed by atoms with Crippen LogP contribution < -0.4 is 0 Å². The van der Waals surface area contributed by atoms with Crippen LogP contribution in [0.15, 0.2) is 54.7 Å². The van der Waals surface area contributed by atoms with Gasteiger partial charge in [0.2, 0.25) is 0 Å². The van der Waals surface area contributed by atoms with E-state index in [1.165, 1.54) is 6.07 Å². The molecule has 8 heteroatoms. The molecule has 6 nitrogen and oxygen atoms in total. The predicted molar refractivity (Wildman–Crippen MR) is 114 cm³/mol. The Morgan fingerprint density at radius 2 is 1.83 bits per heavy atom. The van der Waals surface area contributed by atoms with Crippen molar-refractivity contribution < 1.29 is 12.8 Å². The molecule has 0 saturated carbocycles. The lowest BCUT2D eigenvalue weighted by Gasteiger charge is -2.31.